The van der Waals surface area contributed by atoms with Crippen LogP contribution in [-0.4, -0.2) is 35.5 Å². The normalized spacial score (nSPS) is 29.1. The highest BCUT2D eigenvalue weighted by Crippen LogP contribution is 2.36. The first kappa shape index (κ1) is 11.4. The van der Waals surface area contributed by atoms with Crippen LogP contribution in [0.4, 0.5) is 0 Å². The van der Waals surface area contributed by atoms with Crippen LogP contribution in [-0.2, 0) is 0 Å². The van der Waals surface area contributed by atoms with Crippen molar-refractivity contribution in [3.05, 3.63) is 0 Å². The van der Waals surface area contributed by atoms with Gasteiger partial charge in [0, 0.05) is 10.8 Å². The Balaban J connectivity index is 2.23. The van der Waals surface area contributed by atoms with Gasteiger partial charge in [-0.3, -0.25) is 0 Å². The van der Waals surface area contributed by atoms with E-state index < -0.39 is 0 Å². The van der Waals surface area contributed by atoms with Crippen molar-refractivity contribution in [2.24, 2.45) is 5.92 Å². The first-order valence-electron chi connectivity index (χ1n) is 5.20. The van der Waals surface area contributed by atoms with Crippen LogP contribution in [0.3, 0.4) is 0 Å². The molecule has 0 bridgehead atoms. The van der Waals surface area contributed by atoms with Crippen LogP contribution in [0, 0.1) is 5.92 Å². The summed E-state index contributed by atoms with van der Waals surface area (Å²) in [4.78, 5) is 2.39. The van der Waals surface area contributed by atoms with Crippen molar-refractivity contribution >= 4 is 11.8 Å². The third kappa shape index (κ3) is 3.51. The molecule has 13 heavy (non-hydrogen) atoms. The van der Waals surface area contributed by atoms with E-state index in [0.29, 0.717) is 4.75 Å². The molecule has 1 saturated carbocycles. The Morgan fingerprint density at radius 2 is 1.85 bits per heavy atom. The lowest BCUT2D eigenvalue weighted by Gasteiger charge is -2.42. The van der Waals surface area contributed by atoms with Crippen LogP contribution in [0.15, 0.2) is 0 Å². The average molecular weight is 201 g/mol. The third-order valence-corrected chi connectivity index (χ3v) is 4.23. The lowest BCUT2D eigenvalue weighted by molar-refractivity contribution is 0.123. The summed E-state index contributed by atoms with van der Waals surface area (Å²) < 4.78 is 0.437. The van der Waals surface area contributed by atoms with Crippen molar-refractivity contribution in [1.29, 1.82) is 0 Å². The van der Waals surface area contributed by atoms with E-state index in [1.54, 1.807) is 0 Å². The maximum Gasteiger partial charge on any atom is 0.0125 e. The van der Waals surface area contributed by atoms with Crippen LogP contribution >= 0.6 is 11.8 Å². The molecule has 1 rings (SSSR count). The number of rotatable bonds is 3. The van der Waals surface area contributed by atoms with Gasteiger partial charge in [-0.15, -0.1) is 0 Å². The van der Waals surface area contributed by atoms with E-state index in [9.17, 15) is 0 Å². The van der Waals surface area contributed by atoms with Gasteiger partial charge in [0.25, 0.3) is 0 Å². The van der Waals surface area contributed by atoms with Crippen molar-refractivity contribution in [1.82, 2.24) is 4.90 Å². The first-order chi connectivity index (χ1) is 5.90. The smallest absolute Gasteiger partial charge is 0.0125 e. The Kier molecular flexibility index (Phi) is 3.70. The molecule has 2 unspecified atom stereocenters. The summed E-state index contributed by atoms with van der Waals surface area (Å²) in [5, 5.41) is 0. The van der Waals surface area contributed by atoms with Gasteiger partial charge in [0.2, 0.25) is 0 Å². The van der Waals surface area contributed by atoms with Gasteiger partial charge in [-0.1, -0.05) is 20.8 Å². The number of hydrogen-bond acceptors (Lipinski definition) is 2. The number of hydrogen-bond donors (Lipinski definition) is 0. The molecule has 1 nitrogen and oxygen atoms in total. The second kappa shape index (κ2) is 4.22. The maximum atomic E-state index is 2.39. The molecule has 0 aromatic heterocycles. The molecule has 1 fully saturated rings. The molecule has 0 aliphatic heterocycles. The Morgan fingerprint density at radius 1 is 1.23 bits per heavy atom. The molecule has 1 aliphatic carbocycles. The van der Waals surface area contributed by atoms with Crippen LogP contribution in [0.25, 0.3) is 0 Å². The van der Waals surface area contributed by atoms with Crippen LogP contribution in [0.5, 0.6) is 0 Å². The quantitative estimate of drug-likeness (QED) is 0.691. The van der Waals surface area contributed by atoms with E-state index in [0.717, 1.165) is 12.0 Å². The lowest BCUT2D eigenvalue weighted by atomic mass is 9.80. The van der Waals surface area contributed by atoms with Gasteiger partial charge in [0.1, 0.15) is 0 Å². The SMILES string of the molecule is CN(C)C1CCC1CSC(C)(C)C. The Labute approximate surface area is 87.3 Å². The van der Waals surface area contributed by atoms with Gasteiger partial charge in [-0.25, -0.2) is 0 Å². The maximum absolute atomic E-state index is 2.39. The summed E-state index contributed by atoms with van der Waals surface area (Å²) in [6.45, 7) is 6.92. The van der Waals surface area contributed by atoms with Gasteiger partial charge in [0.15, 0.2) is 0 Å². The largest absolute Gasteiger partial charge is 0.306 e. The second-order valence-corrected chi connectivity index (χ2v) is 7.14. The predicted molar refractivity (Wildman–Crippen MR) is 62.4 cm³/mol. The molecule has 0 aromatic rings. The standard InChI is InChI=1S/C11H23NS/c1-11(2,3)13-8-9-6-7-10(9)12(4)5/h9-10H,6-8H2,1-5H3. The molecule has 0 saturated heterocycles. The van der Waals surface area contributed by atoms with E-state index in [2.05, 4.69) is 51.5 Å². The fraction of sp³-hybridized carbons (Fsp3) is 1.00. The van der Waals surface area contributed by atoms with Crippen LogP contribution in [0.2, 0.25) is 0 Å². The minimum atomic E-state index is 0.437. The van der Waals surface area contributed by atoms with Crippen molar-refractivity contribution in [2.45, 2.75) is 44.4 Å². The Bertz CT molecular complexity index is 160. The predicted octanol–water partition coefficient (Wildman–Crippen LogP) is 2.86. The molecule has 0 aromatic carbocycles. The Morgan fingerprint density at radius 3 is 2.15 bits per heavy atom. The van der Waals surface area contributed by atoms with E-state index in [1.807, 2.05) is 0 Å². The molecule has 0 radical (unpaired) electrons. The van der Waals surface area contributed by atoms with E-state index in [4.69, 9.17) is 0 Å². The highest BCUT2D eigenvalue weighted by Gasteiger charge is 2.32. The van der Waals surface area contributed by atoms with Gasteiger partial charge in [-0.2, -0.15) is 11.8 Å². The summed E-state index contributed by atoms with van der Waals surface area (Å²) in [6.07, 6.45) is 2.84. The zero-order valence-corrected chi connectivity index (χ0v) is 10.4. The molecule has 0 heterocycles. The summed E-state index contributed by atoms with van der Waals surface area (Å²) in [5.41, 5.74) is 0. The third-order valence-electron chi connectivity index (χ3n) is 2.77. The summed E-state index contributed by atoms with van der Waals surface area (Å²) in [6, 6.07) is 0.856. The van der Waals surface area contributed by atoms with E-state index >= 15 is 0 Å². The molecule has 2 atom stereocenters. The number of nitrogens with zero attached hydrogens (tertiary/aromatic N) is 1. The molecule has 0 amide bonds. The van der Waals surface area contributed by atoms with Gasteiger partial charge in [-0.05, 0) is 38.6 Å². The molecular weight excluding hydrogens is 178 g/mol. The second-order valence-electron chi connectivity index (χ2n) is 5.29. The minimum absolute atomic E-state index is 0.437. The topological polar surface area (TPSA) is 3.24 Å². The summed E-state index contributed by atoms with van der Waals surface area (Å²) in [5.74, 6) is 2.28. The van der Waals surface area contributed by atoms with Crippen LogP contribution < -0.4 is 0 Å². The molecule has 0 spiro atoms. The van der Waals surface area contributed by atoms with Gasteiger partial charge in [0.05, 0.1) is 0 Å². The Hall–Kier alpha value is 0.310. The van der Waals surface area contributed by atoms with Crippen molar-refractivity contribution < 1.29 is 0 Å². The van der Waals surface area contributed by atoms with Crippen molar-refractivity contribution in [3.8, 4) is 0 Å². The molecule has 0 N–H and O–H groups in total. The summed E-state index contributed by atoms with van der Waals surface area (Å²) in [7, 11) is 4.41. The van der Waals surface area contributed by atoms with E-state index in [1.165, 1.54) is 18.6 Å². The molecule has 78 valence electrons. The average Bonchev–Trinajstić information content (AvgIpc) is 1.79. The lowest BCUT2D eigenvalue weighted by Crippen LogP contribution is -2.44. The van der Waals surface area contributed by atoms with Gasteiger partial charge >= 0.3 is 0 Å². The zero-order valence-electron chi connectivity index (χ0n) is 9.63. The number of thioether (sulfide) groups is 1. The first-order valence-corrected chi connectivity index (χ1v) is 6.19. The molecular formula is C11H23NS. The van der Waals surface area contributed by atoms with Crippen molar-refractivity contribution in [2.75, 3.05) is 19.8 Å². The minimum Gasteiger partial charge on any atom is -0.306 e. The highest BCUT2D eigenvalue weighted by molar-refractivity contribution is 8.00. The molecule has 1 aliphatic rings. The van der Waals surface area contributed by atoms with Gasteiger partial charge < -0.3 is 4.90 Å². The van der Waals surface area contributed by atoms with Crippen molar-refractivity contribution in [3.63, 3.8) is 0 Å². The fourth-order valence-electron chi connectivity index (χ4n) is 1.78. The van der Waals surface area contributed by atoms with E-state index in [-0.39, 0.29) is 0 Å². The zero-order chi connectivity index (χ0) is 10.1. The highest BCUT2D eigenvalue weighted by atomic mass is 32.2. The van der Waals surface area contributed by atoms with Crippen LogP contribution in [0.1, 0.15) is 33.6 Å². The molecule has 2 heteroatoms. The summed E-state index contributed by atoms with van der Waals surface area (Å²) >= 11 is 2.11. The monoisotopic (exact) mass is 201 g/mol. The fourth-order valence-corrected chi connectivity index (χ4v) is 2.89.